The van der Waals surface area contributed by atoms with Crippen LogP contribution in [0.3, 0.4) is 0 Å². The highest BCUT2D eigenvalue weighted by Gasteiger charge is 2.31. The number of halogens is 4. The number of alkyl halides is 3. The Morgan fingerprint density at radius 2 is 1.86 bits per heavy atom. The van der Waals surface area contributed by atoms with Gasteiger partial charge in [0.2, 0.25) is 0 Å². The third-order valence-electron chi connectivity index (χ3n) is 6.11. The first-order valence-corrected chi connectivity index (χ1v) is 10.9. The molecule has 3 heterocycles. The minimum atomic E-state index is -4.54. The highest BCUT2D eigenvalue weighted by atomic mass is 19.4. The molecule has 2 aromatic carbocycles. The third-order valence-corrected chi connectivity index (χ3v) is 6.11. The third kappa shape index (κ3) is 3.82. The van der Waals surface area contributed by atoms with Crippen LogP contribution in [-0.2, 0) is 6.18 Å². The van der Waals surface area contributed by atoms with Gasteiger partial charge >= 0.3 is 6.18 Å². The molecule has 6 rings (SSSR count). The fraction of sp³-hybridized carbons (Fsp3) is 0.208. The topological polar surface area (TPSA) is 72.1 Å². The molecule has 0 radical (unpaired) electrons. The van der Waals surface area contributed by atoms with Crippen molar-refractivity contribution >= 4 is 28.2 Å². The van der Waals surface area contributed by atoms with E-state index < -0.39 is 17.6 Å². The van der Waals surface area contributed by atoms with E-state index in [-0.39, 0.29) is 17.0 Å². The van der Waals surface area contributed by atoms with E-state index in [0.29, 0.717) is 28.4 Å². The first-order chi connectivity index (χ1) is 16.8. The number of nitrogens with zero attached hydrogens (tertiary/aromatic N) is 7. The molecule has 11 heteroatoms. The second-order valence-corrected chi connectivity index (χ2v) is 8.52. The van der Waals surface area contributed by atoms with Crippen molar-refractivity contribution in [1.29, 1.82) is 0 Å². The van der Waals surface area contributed by atoms with Crippen LogP contribution in [-0.4, -0.2) is 36.6 Å². The summed E-state index contributed by atoms with van der Waals surface area (Å²) in [6.45, 7) is 0. The number of hydrogen-bond donors (Lipinski definition) is 0. The number of fused-ring (bicyclic) bond motifs is 3. The molecule has 0 spiro atoms. The molecule has 0 saturated heterocycles. The Morgan fingerprint density at radius 1 is 1.03 bits per heavy atom. The van der Waals surface area contributed by atoms with Gasteiger partial charge in [-0.15, -0.1) is 10.2 Å². The summed E-state index contributed by atoms with van der Waals surface area (Å²) in [6, 6.07) is 7.68. The molecule has 3 aromatic heterocycles. The van der Waals surface area contributed by atoms with Gasteiger partial charge in [0.15, 0.2) is 0 Å². The first-order valence-electron chi connectivity index (χ1n) is 10.9. The minimum Gasteiger partial charge on any atom is -0.329 e. The molecule has 1 aliphatic carbocycles. The van der Waals surface area contributed by atoms with Gasteiger partial charge in [-0.2, -0.15) is 18.2 Å². The number of anilines is 2. The Kier molecular flexibility index (Phi) is 4.70. The smallest absolute Gasteiger partial charge is 0.329 e. The van der Waals surface area contributed by atoms with Gasteiger partial charge in [0.1, 0.15) is 18.0 Å². The number of benzene rings is 2. The zero-order valence-electron chi connectivity index (χ0n) is 18.3. The van der Waals surface area contributed by atoms with Crippen molar-refractivity contribution in [1.82, 2.24) is 29.5 Å². The van der Waals surface area contributed by atoms with Crippen molar-refractivity contribution < 1.29 is 17.6 Å². The Labute approximate surface area is 196 Å². The van der Waals surface area contributed by atoms with Gasteiger partial charge in [0.25, 0.3) is 5.78 Å². The molecule has 1 aliphatic rings. The lowest BCUT2D eigenvalue weighted by atomic mass is 10.1. The first kappa shape index (κ1) is 21.4. The van der Waals surface area contributed by atoms with Crippen molar-refractivity contribution in [2.24, 2.45) is 0 Å². The van der Waals surface area contributed by atoms with E-state index in [4.69, 9.17) is 0 Å². The molecule has 0 atom stereocenters. The lowest BCUT2D eigenvalue weighted by molar-refractivity contribution is -0.137. The summed E-state index contributed by atoms with van der Waals surface area (Å²) in [5.41, 5.74) is 1.90. The molecule has 35 heavy (non-hydrogen) atoms. The molecule has 0 amide bonds. The predicted molar refractivity (Wildman–Crippen MR) is 121 cm³/mol. The SMILES string of the molecule is CN(c1cc(F)cc(-c2cnc(C3CC3)cn2)c1)c1nc2nncn2c2ccc(C(F)(F)F)cc12. The fourth-order valence-corrected chi connectivity index (χ4v) is 4.10. The summed E-state index contributed by atoms with van der Waals surface area (Å²) in [6.07, 6.45) is 2.34. The summed E-state index contributed by atoms with van der Waals surface area (Å²) < 4.78 is 56.6. The Hall–Kier alpha value is -4.15. The van der Waals surface area contributed by atoms with Crippen LogP contribution in [0.25, 0.3) is 27.9 Å². The zero-order valence-corrected chi connectivity index (χ0v) is 18.3. The van der Waals surface area contributed by atoms with Crippen LogP contribution in [0, 0.1) is 5.82 Å². The van der Waals surface area contributed by atoms with Gasteiger partial charge in [0.05, 0.1) is 28.7 Å². The molecule has 0 bridgehead atoms. The van der Waals surface area contributed by atoms with Crippen LogP contribution in [0.5, 0.6) is 0 Å². The van der Waals surface area contributed by atoms with E-state index in [2.05, 4.69) is 25.1 Å². The molecule has 0 unspecified atom stereocenters. The molecule has 1 saturated carbocycles. The summed E-state index contributed by atoms with van der Waals surface area (Å²) in [5, 5.41) is 7.99. The molecule has 7 nitrogen and oxygen atoms in total. The van der Waals surface area contributed by atoms with Crippen molar-refractivity contribution in [2.45, 2.75) is 24.9 Å². The summed E-state index contributed by atoms with van der Waals surface area (Å²) in [4.78, 5) is 14.8. The summed E-state index contributed by atoms with van der Waals surface area (Å²) in [7, 11) is 1.61. The summed E-state index contributed by atoms with van der Waals surface area (Å²) >= 11 is 0. The molecule has 176 valence electrons. The molecule has 1 fully saturated rings. The van der Waals surface area contributed by atoms with Gasteiger partial charge in [-0.25, -0.2) is 4.39 Å². The number of rotatable bonds is 4. The second-order valence-electron chi connectivity index (χ2n) is 8.52. The maximum absolute atomic E-state index is 14.7. The van der Waals surface area contributed by atoms with E-state index >= 15 is 0 Å². The average Bonchev–Trinajstić information content (AvgIpc) is 3.58. The van der Waals surface area contributed by atoms with Crippen molar-refractivity contribution in [3.8, 4) is 11.3 Å². The number of hydrogen-bond acceptors (Lipinski definition) is 6. The van der Waals surface area contributed by atoms with Crippen LogP contribution in [0.1, 0.15) is 30.0 Å². The van der Waals surface area contributed by atoms with E-state index in [1.54, 1.807) is 25.5 Å². The second kappa shape index (κ2) is 7.69. The van der Waals surface area contributed by atoms with Crippen molar-refractivity contribution in [3.05, 3.63) is 72.2 Å². The maximum atomic E-state index is 14.7. The predicted octanol–water partition coefficient (Wildman–Crippen LogP) is 5.54. The van der Waals surface area contributed by atoms with E-state index in [1.807, 2.05) is 0 Å². The molecular formula is C24H17F4N7. The Morgan fingerprint density at radius 3 is 2.57 bits per heavy atom. The highest BCUT2D eigenvalue weighted by Crippen LogP contribution is 2.39. The van der Waals surface area contributed by atoms with Gasteiger partial charge in [-0.05, 0) is 49.2 Å². The van der Waals surface area contributed by atoms with Gasteiger partial charge in [-0.3, -0.25) is 14.4 Å². The number of aromatic nitrogens is 6. The van der Waals surface area contributed by atoms with E-state index in [1.165, 1.54) is 33.8 Å². The average molecular weight is 479 g/mol. The Balaban J connectivity index is 1.48. The standard InChI is InChI=1S/C24H17F4N7/c1-34(17-7-14(6-16(25)9-17)20-11-29-19(10-30-20)13-2-3-13)22-18-8-15(24(26,27)28)4-5-21(18)35-12-31-33-23(35)32-22/h4-13H,2-3H2,1H3. The normalized spacial score (nSPS) is 14.1. The molecule has 5 aromatic rings. The van der Waals surface area contributed by atoms with E-state index in [9.17, 15) is 17.6 Å². The van der Waals surface area contributed by atoms with Crippen molar-refractivity contribution in [3.63, 3.8) is 0 Å². The van der Waals surface area contributed by atoms with Gasteiger partial charge in [-0.1, -0.05) is 0 Å². The zero-order chi connectivity index (χ0) is 24.3. The van der Waals surface area contributed by atoms with Crippen LogP contribution in [0.2, 0.25) is 0 Å². The van der Waals surface area contributed by atoms with Crippen molar-refractivity contribution in [2.75, 3.05) is 11.9 Å². The van der Waals surface area contributed by atoms with Gasteiger partial charge < -0.3 is 4.90 Å². The lowest BCUT2D eigenvalue weighted by Gasteiger charge is -2.22. The fourth-order valence-electron chi connectivity index (χ4n) is 4.10. The summed E-state index contributed by atoms with van der Waals surface area (Å²) in [5.74, 6) is 0.301. The molecule has 0 aliphatic heterocycles. The van der Waals surface area contributed by atoms with E-state index in [0.717, 1.165) is 30.7 Å². The quantitative estimate of drug-likeness (QED) is 0.315. The van der Waals surface area contributed by atoms with Gasteiger partial charge in [0, 0.05) is 35.8 Å². The maximum Gasteiger partial charge on any atom is 0.416 e. The largest absolute Gasteiger partial charge is 0.416 e. The minimum absolute atomic E-state index is 0.179. The van der Waals surface area contributed by atoms with Crippen LogP contribution in [0.15, 0.2) is 55.1 Å². The lowest BCUT2D eigenvalue weighted by Crippen LogP contribution is -2.14. The highest BCUT2D eigenvalue weighted by molar-refractivity contribution is 5.94. The molecule has 0 N–H and O–H groups in total. The molecular weight excluding hydrogens is 462 g/mol. The van der Waals surface area contributed by atoms with Crippen LogP contribution < -0.4 is 4.90 Å². The van der Waals surface area contributed by atoms with Crippen LogP contribution >= 0.6 is 0 Å². The Bertz CT molecular complexity index is 1570. The van der Waals surface area contributed by atoms with Crippen LogP contribution in [0.4, 0.5) is 29.1 Å². The monoisotopic (exact) mass is 479 g/mol.